The highest BCUT2D eigenvalue weighted by Crippen LogP contribution is 2.52. The van der Waals surface area contributed by atoms with E-state index in [4.69, 9.17) is 0 Å². The minimum atomic E-state index is -0.149. The maximum atomic E-state index is 2.46. The summed E-state index contributed by atoms with van der Waals surface area (Å²) in [7, 11) is 0. The van der Waals surface area contributed by atoms with Gasteiger partial charge in [0.2, 0.25) is 0 Å². The monoisotopic (exact) mass is 598 g/mol. The van der Waals surface area contributed by atoms with Gasteiger partial charge in [0.05, 0.1) is 0 Å². The van der Waals surface area contributed by atoms with Crippen LogP contribution in [0.3, 0.4) is 0 Å². The Morgan fingerprint density at radius 2 is 0.596 bits per heavy atom. The second-order valence-electron chi connectivity index (χ2n) is 13.4. The number of hydrogen-bond acceptors (Lipinski definition) is 0. The molecule has 1 aliphatic carbocycles. The van der Waals surface area contributed by atoms with Crippen molar-refractivity contribution in [1.29, 1.82) is 0 Å². The molecule has 9 rings (SSSR count). The Morgan fingerprint density at radius 1 is 0.277 bits per heavy atom. The first kappa shape index (κ1) is 27.6. The predicted molar refractivity (Wildman–Crippen MR) is 201 cm³/mol. The van der Waals surface area contributed by atoms with E-state index in [1.54, 1.807) is 0 Å². The van der Waals surface area contributed by atoms with Crippen LogP contribution in [0.2, 0.25) is 0 Å². The first-order valence-corrected chi connectivity index (χ1v) is 16.5. The van der Waals surface area contributed by atoms with Gasteiger partial charge in [-0.1, -0.05) is 147 Å². The van der Waals surface area contributed by atoms with Crippen LogP contribution in [0.15, 0.2) is 170 Å². The molecular formula is C47H34. The Kier molecular flexibility index (Phi) is 6.27. The summed E-state index contributed by atoms with van der Waals surface area (Å²) in [6.45, 7) is 4.78. The molecular weight excluding hydrogens is 565 g/mol. The molecule has 0 amide bonds. The highest BCUT2D eigenvalue weighted by Gasteiger charge is 2.36. The molecule has 8 aromatic carbocycles. The molecule has 8 aromatic rings. The normalized spacial score (nSPS) is 13.1. The van der Waals surface area contributed by atoms with Crippen LogP contribution >= 0.6 is 0 Å². The fourth-order valence-corrected chi connectivity index (χ4v) is 7.74. The first-order valence-electron chi connectivity index (χ1n) is 16.5. The zero-order chi connectivity index (χ0) is 31.5. The van der Waals surface area contributed by atoms with Crippen molar-refractivity contribution < 1.29 is 0 Å². The zero-order valence-electron chi connectivity index (χ0n) is 26.7. The van der Waals surface area contributed by atoms with Gasteiger partial charge in [-0.05, 0) is 125 Å². The van der Waals surface area contributed by atoms with Crippen LogP contribution in [-0.4, -0.2) is 0 Å². The summed E-state index contributed by atoms with van der Waals surface area (Å²) in [5.74, 6) is 0. The quantitative estimate of drug-likeness (QED) is 0.189. The van der Waals surface area contributed by atoms with Crippen molar-refractivity contribution >= 4 is 21.5 Å². The van der Waals surface area contributed by atoms with Crippen molar-refractivity contribution in [2.75, 3.05) is 0 Å². The molecule has 0 N–H and O–H groups in total. The largest absolute Gasteiger partial charge is 0.0622 e. The summed E-state index contributed by atoms with van der Waals surface area (Å²) >= 11 is 0. The van der Waals surface area contributed by atoms with Crippen molar-refractivity contribution in [3.8, 4) is 55.6 Å². The van der Waals surface area contributed by atoms with Crippen LogP contribution in [0.1, 0.15) is 25.0 Å². The minimum absolute atomic E-state index is 0.149. The number of rotatable bonds is 4. The fraction of sp³-hybridized carbons (Fsp3) is 0.0638. The molecule has 0 heterocycles. The Bertz CT molecular complexity index is 2290. The van der Waals surface area contributed by atoms with Crippen LogP contribution in [-0.2, 0) is 5.41 Å². The molecule has 0 bridgehead atoms. The number of hydrogen-bond donors (Lipinski definition) is 0. The van der Waals surface area contributed by atoms with Crippen LogP contribution in [0.5, 0.6) is 0 Å². The molecule has 222 valence electrons. The average molecular weight is 599 g/mol. The zero-order valence-corrected chi connectivity index (χ0v) is 26.7. The van der Waals surface area contributed by atoms with Gasteiger partial charge in [-0.3, -0.25) is 0 Å². The van der Waals surface area contributed by atoms with Crippen molar-refractivity contribution in [2.24, 2.45) is 0 Å². The van der Waals surface area contributed by atoms with E-state index in [1.807, 2.05) is 0 Å². The molecule has 0 saturated carbocycles. The van der Waals surface area contributed by atoms with Gasteiger partial charge in [0.15, 0.2) is 0 Å². The lowest BCUT2D eigenvalue weighted by Gasteiger charge is -2.23. The third kappa shape index (κ3) is 4.52. The topological polar surface area (TPSA) is 0 Å². The molecule has 0 unspecified atom stereocenters. The Morgan fingerprint density at radius 3 is 0.957 bits per heavy atom. The van der Waals surface area contributed by atoms with E-state index in [1.165, 1.54) is 88.3 Å². The van der Waals surface area contributed by atoms with Gasteiger partial charge in [0.1, 0.15) is 0 Å². The molecule has 0 fully saturated rings. The molecule has 47 heavy (non-hydrogen) atoms. The Hall–Kier alpha value is -5.72. The van der Waals surface area contributed by atoms with Crippen molar-refractivity contribution in [1.82, 2.24) is 0 Å². The van der Waals surface area contributed by atoms with E-state index in [9.17, 15) is 0 Å². The summed E-state index contributed by atoms with van der Waals surface area (Å²) < 4.78 is 0. The van der Waals surface area contributed by atoms with Crippen LogP contribution in [0, 0.1) is 0 Å². The average Bonchev–Trinajstić information content (AvgIpc) is 3.36. The highest BCUT2D eigenvalue weighted by molar-refractivity contribution is 5.99. The standard InChI is InChI=1S/C47H34/c1-47(2)45-29-37(43-27-35-19-11-9-17-33(35)25-41(43)31-13-5-3-6-14-31)21-23-39(45)40-24-22-38(30-46(40)47)44-28-36-20-12-10-18-34(36)26-42(44)32-15-7-4-8-16-32/h3-30H,1-2H3. The van der Waals surface area contributed by atoms with Gasteiger partial charge in [0, 0.05) is 5.41 Å². The molecule has 0 aliphatic heterocycles. The summed E-state index contributed by atoms with van der Waals surface area (Å²) in [4.78, 5) is 0. The lowest BCUT2D eigenvalue weighted by Crippen LogP contribution is -2.15. The predicted octanol–water partition coefficient (Wildman–Crippen LogP) is 13.0. The van der Waals surface area contributed by atoms with Crippen LogP contribution < -0.4 is 0 Å². The number of fused-ring (bicyclic) bond motifs is 5. The SMILES string of the molecule is CC1(C)c2cc(-c3cc4ccccc4cc3-c3ccccc3)ccc2-c2ccc(-c3cc4ccccc4cc3-c3ccccc3)cc21. The summed E-state index contributed by atoms with van der Waals surface area (Å²) in [6, 6.07) is 62.7. The molecule has 0 aromatic heterocycles. The van der Waals surface area contributed by atoms with E-state index in [0.717, 1.165) is 0 Å². The molecule has 0 atom stereocenters. The molecule has 0 radical (unpaired) electrons. The Labute approximate surface area is 276 Å². The van der Waals surface area contributed by atoms with Gasteiger partial charge < -0.3 is 0 Å². The summed E-state index contributed by atoms with van der Waals surface area (Å²) in [5.41, 5.74) is 15.4. The maximum absolute atomic E-state index is 2.46. The van der Waals surface area contributed by atoms with Crippen molar-refractivity contribution in [3.05, 3.63) is 181 Å². The third-order valence-electron chi connectivity index (χ3n) is 10.2. The van der Waals surface area contributed by atoms with E-state index in [2.05, 4.69) is 184 Å². The van der Waals surface area contributed by atoms with Gasteiger partial charge >= 0.3 is 0 Å². The second kappa shape index (κ2) is 10.7. The second-order valence-corrected chi connectivity index (χ2v) is 13.4. The van der Waals surface area contributed by atoms with Gasteiger partial charge in [0.25, 0.3) is 0 Å². The van der Waals surface area contributed by atoms with E-state index in [-0.39, 0.29) is 5.41 Å². The van der Waals surface area contributed by atoms with Gasteiger partial charge in [-0.2, -0.15) is 0 Å². The minimum Gasteiger partial charge on any atom is -0.0622 e. The molecule has 0 nitrogen and oxygen atoms in total. The molecule has 0 heteroatoms. The maximum Gasteiger partial charge on any atom is 0.0159 e. The first-order chi connectivity index (χ1) is 23.0. The van der Waals surface area contributed by atoms with E-state index in [0.29, 0.717) is 0 Å². The lowest BCUT2D eigenvalue weighted by atomic mass is 9.80. The van der Waals surface area contributed by atoms with Crippen LogP contribution in [0.25, 0.3) is 77.2 Å². The highest BCUT2D eigenvalue weighted by atomic mass is 14.4. The fourth-order valence-electron chi connectivity index (χ4n) is 7.74. The molecule has 0 spiro atoms. The number of benzene rings is 8. The lowest BCUT2D eigenvalue weighted by molar-refractivity contribution is 0.661. The van der Waals surface area contributed by atoms with Gasteiger partial charge in [-0.15, -0.1) is 0 Å². The summed E-state index contributed by atoms with van der Waals surface area (Å²) in [6.07, 6.45) is 0. The van der Waals surface area contributed by atoms with Crippen LogP contribution in [0.4, 0.5) is 0 Å². The van der Waals surface area contributed by atoms with Gasteiger partial charge in [-0.25, -0.2) is 0 Å². The molecule has 0 saturated heterocycles. The van der Waals surface area contributed by atoms with E-state index >= 15 is 0 Å². The summed E-state index contributed by atoms with van der Waals surface area (Å²) in [5, 5.41) is 5.05. The van der Waals surface area contributed by atoms with Crippen molar-refractivity contribution in [3.63, 3.8) is 0 Å². The Balaban J connectivity index is 1.19. The van der Waals surface area contributed by atoms with E-state index < -0.39 is 0 Å². The third-order valence-corrected chi connectivity index (χ3v) is 10.2. The smallest absolute Gasteiger partial charge is 0.0159 e. The molecule has 1 aliphatic rings. The van der Waals surface area contributed by atoms with Crippen molar-refractivity contribution in [2.45, 2.75) is 19.3 Å².